The van der Waals surface area contributed by atoms with Crippen molar-refractivity contribution in [3.8, 4) is 0 Å². The summed E-state index contributed by atoms with van der Waals surface area (Å²) < 4.78 is 21.7. The first-order chi connectivity index (χ1) is 10.4. The van der Waals surface area contributed by atoms with Crippen LogP contribution >= 0.6 is 11.8 Å². The molecule has 2 aliphatic rings. The summed E-state index contributed by atoms with van der Waals surface area (Å²) in [5.74, 6) is 0. The van der Waals surface area contributed by atoms with Crippen LogP contribution in [0.2, 0.25) is 0 Å². The lowest BCUT2D eigenvalue weighted by Gasteiger charge is -2.37. The van der Waals surface area contributed by atoms with Crippen LogP contribution in [0.25, 0.3) is 0 Å². The summed E-state index contributed by atoms with van der Waals surface area (Å²) in [7, 11) is 0. The molecular weight excluding hydrogens is 318 g/mol. The fourth-order valence-electron chi connectivity index (χ4n) is 2.68. The van der Waals surface area contributed by atoms with Crippen LogP contribution in [0.5, 0.6) is 0 Å². The van der Waals surface area contributed by atoms with Crippen molar-refractivity contribution in [3.63, 3.8) is 0 Å². The van der Waals surface area contributed by atoms with Crippen molar-refractivity contribution in [2.24, 2.45) is 0 Å². The average Bonchev–Trinajstić information content (AvgIpc) is 2.47. The number of hydrogen-bond donors (Lipinski definition) is 2. The van der Waals surface area contributed by atoms with Gasteiger partial charge >= 0.3 is 0 Å². The molecule has 0 saturated carbocycles. The summed E-state index contributed by atoms with van der Waals surface area (Å²) >= 11 is 0.656. The number of allylic oxidation sites excluding steroid dienone is 1. The van der Waals surface area contributed by atoms with E-state index in [1.54, 1.807) is 11.8 Å². The Balaban J connectivity index is 2.07. The Hall–Kier alpha value is 0.280. The summed E-state index contributed by atoms with van der Waals surface area (Å²) in [4.78, 5) is 0. The standard InChI is InChI=1S/C16H29NO3S2/c1-16(2,3)22(19)17-13-8-5-4-7-12(11-18)21-15-10-6-9-14(13)20-15/h4-5,12-15,17-18H,6-11H2,1-3H3/b5-4-/t12?,13-,14-,15-,22-/m1/s1. The van der Waals surface area contributed by atoms with Gasteiger partial charge in [0.1, 0.15) is 10.2 Å². The van der Waals surface area contributed by atoms with E-state index in [2.05, 4.69) is 16.9 Å². The lowest BCUT2D eigenvalue weighted by atomic mass is 10.00. The molecule has 1 saturated heterocycles. The molecule has 6 heteroatoms. The van der Waals surface area contributed by atoms with Gasteiger partial charge in [-0.1, -0.05) is 12.2 Å². The molecule has 0 amide bonds. The molecule has 22 heavy (non-hydrogen) atoms. The van der Waals surface area contributed by atoms with Crippen molar-refractivity contribution < 1.29 is 14.4 Å². The summed E-state index contributed by atoms with van der Waals surface area (Å²) in [5.41, 5.74) is 0.148. The second-order valence-corrected chi connectivity index (χ2v) is 10.5. The first-order valence-electron chi connectivity index (χ1n) is 8.15. The van der Waals surface area contributed by atoms with Crippen molar-refractivity contribution in [1.82, 2.24) is 4.72 Å². The number of ether oxygens (including phenoxy) is 1. The number of nitrogens with one attached hydrogen (secondary N) is 1. The maximum absolute atomic E-state index is 12.4. The van der Waals surface area contributed by atoms with Gasteiger partial charge in [-0.25, -0.2) is 0 Å². The zero-order valence-electron chi connectivity index (χ0n) is 13.8. The maximum Gasteiger partial charge on any atom is 0.136 e. The van der Waals surface area contributed by atoms with Gasteiger partial charge in [-0.3, -0.25) is 0 Å². The van der Waals surface area contributed by atoms with Gasteiger partial charge < -0.3 is 14.4 Å². The normalized spacial score (nSPS) is 36.6. The Labute approximate surface area is 141 Å². The van der Waals surface area contributed by atoms with Gasteiger partial charge in [-0.05, 0) is 52.9 Å². The molecule has 2 bridgehead atoms. The van der Waals surface area contributed by atoms with Crippen LogP contribution in [0.3, 0.4) is 0 Å². The van der Waals surface area contributed by atoms with E-state index in [1.807, 2.05) is 20.8 Å². The van der Waals surface area contributed by atoms with Gasteiger partial charge in [0.05, 0.1) is 18.8 Å². The Morgan fingerprint density at radius 2 is 2.05 bits per heavy atom. The highest BCUT2D eigenvalue weighted by Gasteiger charge is 2.36. The third kappa shape index (κ3) is 5.42. The van der Waals surface area contributed by atoms with Gasteiger partial charge in [0.25, 0.3) is 0 Å². The Bertz CT molecular complexity index is 373. The first-order valence-corrected chi connectivity index (χ1v) is 10.2. The van der Waals surface area contributed by atoms with Crippen molar-refractivity contribution in [2.75, 3.05) is 6.61 Å². The van der Waals surface area contributed by atoms with Crippen LogP contribution in [-0.2, 0) is 16.1 Å². The SMILES string of the molecule is CC(C)(C)[S@@+]([O-])N[C@@H]1C/C=C\CC(CO)S[C@@H]2CCC[C@H]1O2. The third-order valence-corrected chi connectivity index (χ3v) is 7.03. The predicted octanol–water partition coefficient (Wildman–Crippen LogP) is 2.75. The highest BCUT2D eigenvalue weighted by Crippen LogP contribution is 2.34. The zero-order valence-corrected chi connectivity index (χ0v) is 15.4. The molecule has 128 valence electrons. The van der Waals surface area contributed by atoms with Crippen molar-refractivity contribution in [2.45, 2.75) is 80.5 Å². The van der Waals surface area contributed by atoms with Gasteiger partial charge in [0.2, 0.25) is 0 Å². The number of fused-ring (bicyclic) bond motifs is 2. The summed E-state index contributed by atoms with van der Waals surface area (Å²) in [5, 5.41) is 9.68. The van der Waals surface area contributed by atoms with Gasteiger partial charge in [-0.2, -0.15) is 0 Å². The first kappa shape index (κ1) is 18.6. The topological polar surface area (TPSA) is 64.5 Å². The highest BCUT2D eigenvalue weighted by molar-refractivity contribution is 8.00. The number of hydrogen-bond acceptors (Lipinski definition) is 5. The molecule has 1 fully saturated rings. The van der Waals surface area contributed by atoms with Crippen molar-refractivity contribution >= 4 is 23.1 Å². The van der Waals surface area contributed by atoms with Gasteiger partial charge in [0, 0.05) is 16.6 Å². The Morgan fingerprint density at radius 1 is 1.32 bits per heavy atom. The number of aliphatic hydroxyl groups excluding tert-OH is 1. The molecule has 1 unspecified atom stereocenters. The monoisotopic (exact) mass is 347 g/mol. The maximum atomic E-state index is 12.4. The number of thioether (sulfide) groups is 1. The van der Waals surface area contributed by atoms with E-state index in [-0.39, 0.29) is 34.2 Å². The molecule has 0 aromatic heterocycles. The van der Waals surface area contributed by atoms with Crippen LogP contribution in [0.1, 0.15) is 52.9 Å². The molecule has 0 aromatic rings. The minimum absolute atomic E-state index is 0.0883. The van der Waals surface area contributed by atoms with E-state index in [0.29, 0.717) is 0 Å². The second kappa shape index (κ2) is 8.40. The lowest BCUT2D eigenvalue weighted by molar-refractivity contribution is -0.0211. The number of aliphatic hydroxyl groups is 1. The predicted molar refractivity (Wildman–Crippen MR) is 94.2 cm³/mol. The summed E-state index contributed by atoms with van der Waals surface area (Å²) in [6, 6.07) is 0.0883. The third-order valence-electron chi connectivity index (χ3n) is 4.02. The molecule has 0 radical (unpaired) electrons. The van der Waals surface area contributed by atoms with Crippen LogP contribution in [0.15, 0.2) is 12.2 Å². The van der Waals surface area contributed by atoms with Crippen LogP contribution in [0, 0.1) is 0 Å². The largest absolute Gasteiger partial charge is 0.598 e. The minimum atomic E-state index is -1.09. The van der Waals surface area contributed by atoms with Gasteiger partial charge in [-0.15, -0.1) is 16.5 Å². The Morgan fingerprint density at radius 3 is 2.73 bits per heavy atom. The lowest BCUT2D eigenvalue weighted by Crippen LogP contribution is -2.51. The van der Waals surface area contributed by atoms with Gasteiger partial charge in [0.15, 0.2) is 0 Å². The fraction of sp³-hybridized carbons (Fsp3) is 0.875. The molecule has 5 atom stereocenters. The van der Waals surface area contributed by atoms with Crippen LogP contribution in [0.4, 0.5) is 0 Å². The highest BCUT2D eigenvalue weighted by atomic mass is 32.2. The van der Waals surface area contributed by atoms with E-state index in [0.717, 1.165) is 32.1 Å². The molecule has 0 aromatic carbocycles. The molecule has 4 nitrogen and oxygen atoms in total. The van der Waals surface area contributed by atoms with E-state index < -0.39 is 11.4 Å². The average molecular weight is 348 g/mol. The quantitative estimate of drug-likeness (QED) is 0.607. The summed E-state index contributed by atoms with van der Waals surface area (Å²) in [6.07, 6.45) is 9.24. The molecule has 2 heterocycles. The van der Waals surface area contributed by atoms with Crippen molar-refractivity contribution in [3.05, 3.63) is 12.2 Å². The van der Waals surface area contributed by atoms with E-state index in [9.17, 15) is 9.66 Å². The molecule has 0 aliphatic carbocycles. The second-order valence-electron chi connectivity index (χ2n) is 7.02. The minimum Gasteiger partial charge on any atom is -0.598 e. The zero-order chi connectivity index (χ0) is 16.2. The van der Waals surface area contributed by atoms with Crippen LogP contribution < -0.4 is 4.72 Å². The number of rotatable bonds is 3. The molecular formula is C16H29NO3S2. The van der Waals surface area contributed by atoms with E-state index in [1.165, 1.54) is 0 Å². The molecule has 2 aliphatic heterocycles. The molecule has 0 spiro atoms. The Kier molecular flexibility index (Phi) is 7.11. The smallest absolute Gasteiger partial charge is 0.136 e. The summed E-state index contributed by atoms with van der Waals surface area (Å²) in [6.45, 7) is 6.14. The molecule has 2 rings (SSSR count). The van der Waals surface area contributed by atoms with Crippen LogP contribution in [-0.4, -0.2) is 43.8 Å². The fourth-order valence-corrected chi connectivity index (χ4v) is 4.81. The van der Waals surface area contributed by atoms with E-state index in [4.69, 9.17) is 4.74 Å². The van der Waals surface area contributed by atoms with Crippen molar-refractivity contribution in [1.29, 1.82) is 0 Å². The molecule has 2 N–H and O–H groups in total. The van der Waals surface area contributed by atoms with E-state index >= 15 is 0 Å².